The van der Waals surface area contributed by atoms with Crippen LogP contribution in [0, 0.1) is 6.92 Å². The molecule has 10 heteroatoms. The molecular weight excluding hydrogens is 471 g/mol. The zero-order valence-electron chi connectivity index (χ0n) is 17.3. The first-order valence-corrected chi connectivity index (χ1v) is 11.5. The van der Waals surface area contributed by atoms with Gasteiger partial charge in [-0.1, -0.05) is 52.2 Å². The Balaban J connectivity index is 1.37. The van der Waals surface area contributed by atoms with Crippen LogP contribution in [-0.4, -0.2) is 34.7 Å². The van der Waals surface area contributed by atoms with E-state index in [0.717, 1.165) is 11.3 Å². The molecule has 1 aliphatic heterocycles. The minimum Gasteiger partial charge on any atom is -0.479 e. The van der Waals surface area contributed by atoms with Crippen molar-refractivity contribution in [2.24, 2.45) is 0 Å². The van der Waals surface area contributed by atoms with Gasteiger partial charge in [-0.2, -0.15) is 0 Å². The zero-order valence-corrected chi connectivity index (χ0v) is 19.7. The number of hydrogen-bond acceptors (Lipinski definition) is 6. The number of hydrogen-bond donors (Lipinski definition) is 1. The third-order valence-corrected chi connectivity index (χ3v) is 6.59. The fourth-order valence-electron chi connectivity index (χ4n) is 3.32. The first-order valence-electron chi connectivity index (χ1n) is 9.93. The molecule has 0 bridgehead atoms. The van der Waals surface area contributed by atoms with E-state index in [1.54, 1.807) is 30.0 Å². The van der Waals surface area contributed by atoms with E-state index < -0.39 is 6.10 Å². The number of nitrogens with one attached hydrogen (secondary N) is 1. The lowest BCUT2D eigenvalue weighted by atomic mass is 10.1. The minimum atomic E-state index is -0.814. The fraction of sp³-hybridized carbons (Fsp3) is 0.273. The predicted octanol–water partition coefficient (Wildman–Crippen LogP) is 5.08. The van der Waals surface area contributed by atoms with Gasteiger partial charge in [-0.3, -0.25) is 14.9 Å². The molecular formula is C22H20Cl2N4O3S. The van der Waals surface area contributed by atoms with E-state index in [2.05, 4.69) is 15.5 Å². The van der Waals surface area contributed by atoms with Gasteiger partial charge in [0.25, 0.3) is 5.91 Å². The van der Waals surface area contributed by atoms with Crippen molar-refractivity contribution in [3.05, 3.63) is 63.1 Å². The quantitative estimate of drug-likeness (QED) is 0.520. The number of aryl methyl sites for hydroxylation is 1. The van der Waals surface area contributed by atoms with Gasteiger partial charge in [0.15, 0.2) is 6.10 Å². The Bertz CT molecular complexity index is 1150. The summed E-state index contributed by atoms with van der Waals surface area (Å²) in [6, 6.07) is 12.6. The van der Waals surface area contributed by atoms with Gasteiger partial charge in [0.1, 0.15) is 10.8 Å². The highest BCUT2D eigenvalue weighted by atomic mass is 35.5. The van der Waals surface area contributed by atoms with Gasteiger partial charge in [-0.05, 0) is 44.2 Å². The summed E-state index contributed by atoms with van der Waals surface area (Å²) in [6.45, 7) is 4.14. The molecule has 0 saturated carbocycles. The van der Waals surface area contributed by atoms with Crippen LogP contribution in [0.2, 0.25) is 10.0 Å². The Morgan fingerprint density at radius 2 is 1.97 bits per heavy atom. The van der Waals surface area contributed by atoms with Crippen molar-refractivity contribution in [3.8, 4) is 5.75 Å². The third-order valence-electron chi connectivity index (χ3n) is 5.06. The van der Waals surface area contributed by atoms with Gasteiger partial charge in [-0.15, -0.1) is 10.2 Å². The number of carbonyl (C=O) groups is 2. The van der Waals surface area contributed by atoms with Crippen LogP contribution >= 0.6 is 34.5 Å². The summed E-state index contributed by atoms with van der Waals surface area (Å²) < 4.78 is 5.63. The molecule has 1 aromatic heterocycles. The molecule has 2 unspecified atom stereocenters. The van der Waals surface area contributed by atoms with Gasteiger partial charge < -0.3 is 9.64 Å². The Kier molecular flexibility index (Phi) is 6.64. The standard InChI is InChI=1S/C22H20Cl2N4O3S/c1-12-3-6-16(7-4-12)28-11-14(9-19(28)29)21-26-27-22(32-21)25-20(30)13(2)31-18-8-5-15(23)10-17(18)24/h3-8,10,13-14H,9,11H2,1-2H3,(H,25,27,30). The van der Waals surface area contributed by atoms with Crippen molar-refractivity contribution in [1.29, 1.82) is 0 Å². The summed E-state index contributed by atoms with van der Waals surface area (Å²) in [5.41, 5.74) is 2.01. The molecule has 32 heavy (non-hydrogen) atoms. The van der Waals surface area contributed by atoms with Crippen molar-refractivity contribution < 1.29 is 14.3 Å². The maximum atomic E-state index is 12.5. The number of nitrogens with zero attached hydrogens (tertiary/aromatic N) is 3. The summed E-state index contributed by atoms with van der Waals surface area (Å²) in [5.74, 6) is -0.0603. The van der Waals surface area contributed by atoms with Gasteiger partial charge in [0.05, 0.1) is 5.02 Å². The lowest BCUT2D eigenvalue weighted by Crippen LogP contribution is -2.30. The number of rotatable bonds is 6. The smallest absolute Gasteiger partial charge is 0.266 e. The molecule has 1 saturated heterocycles. The van der Waals surface area contributed by atoms with E-state index >= 15 is 0 Å². The molecule has 2 amide bonds. The van der Waals surface area contributed by atoms with Crippen molar-refractivity contribution in [1.82, 2.24) is 10.2 Å². The third kappa shape index (κ3) is 5.03. The van der Waals surface area contributed by atoms with Crippen molar-refractivity contribution in [3.63, 3.8) is 0 Å². The average molecular weight is 491 g/mol. The van der Waals surface area contributed by atoms with E-state index in [4.69, 9.17) is 27.9 Å². The van der Waals surface area contributed by atoms with Crippen LogP contribution in [0.25, 0.3) is 0 Å². The van der Waals surface area contributed by atoms with E-state index in [1.165, 1.54) is 11.3 Å². The Morgan fingerprint density at radius 1 is 1.22 bits per heavy atom. The predicted molar refractivity (Wildman–Crippen MR) is 126 cm³/mol. The molecule has 0 spiro atoms. The van der Waals surface area contributed by atoms with E-state index in [9.17, 15) is 9.59 Å². The number of benzene rings is 2. The lowest BCUT2D eigenvalue weighted by Gasteiger charge is -2.16. The van der Waals surface area contributed by atoms with Crippen molar-refractivity contribution in [2.75, 3.05) is 16.8 Å². The monoisotopic (exact) mass is 490 g/mol. The molecule has 3 aromatic rings. The summed E-state index contributed by atoms with van der Waals surface area (Å²) in [4.78, 5) is 26.8. The molecule has 1 N–H and O–H groups in total. The maximum absolute atomic E-state index is 12.5. The molecule has 1 fully saturated rings. The molecule has 7 nitrogen and oxygen atoms in total. The number of aromatic nitrogens is 2. The van der Waals surface area contributed by atoms with Crippen LogP contribution in [0.5, 0.6) is 5.75 Å². The number of ether oxygens (including phenoxy) is 1. The largest absolute Gasteiger partial charge is 0.479 e. The molecule has 2 aromatic carbocycles. The second-order valence-electron chi connectivity index (χ2n) is 7.51. The van der Waals surface area contributed by atoms with Crippen LogP contribution in [-0.2, 0) is 9.59 Å². The lowest BCUT2D eigenvalue weighted by molar-refractivity contribution is -0.122. The SMILES string of the molecule is Cc1ccc(N2CC(c3nnc(NC(=O)C(C)Oc4ccc(Cl)cc4Cl)s3)CC2=O)cc1. The van der Waals surface area contributed by atoms with E-state index in [-0.39, 0.29) is 17.7 Å². The molecule has 1 aliphatic rings. The highest BCUT2D eigenvalue weighted by molar-refractivity contribution is 7.15. The van der Waals surface area contributed by atoms with E-state index in [0.29, 0.717) is 38.9 Å². The highest BCUT2D eigenvalue weighted by Crippen LogP contribution is 2.34. The molecule has 0 radical (unpaired) electrons. The molecule has 0 aliphatic carbocycles. The van der Waals surface area contributed by atoms with Gasteiger partial charge >= 0.3 is 0 Å². The van der Waals surface area contributed by atoms with Gasteiger partial charge in [0, 0.05) is 29.6 Å². The number of amides is 2. The minimum absolute atomic E-state index is 0.0431. The van der Waals surface area contributed by atoms with Crippen molar-refractivity contribution in [2.45, 2.75) is 32.3 Å². The first kappa shape index (κ1) is 22.5. The summed E-state index contributed by atoms with van der Waals surface area (Å²) in [6.07, 6.45) is -0.462. The zero-order chi connectivity index (χ0) is 22.8. The Hall–Kier alpha value is -2.68. The number of halogens is 2. The van der Waals surface area contributed by atoms with Crippen molar-refractivity contribution >= 4 is 57.2 Å². The second-order valence-corrected chi connectivity index (χ2v) is 9.36. The Labute approximate surface area is 199 Å². The van der Waals surface area contributed by atoms with Crippen LogP contribution in [0.4, 0.5) is 10.8 Å². The van der Waals surface area contributed by atoms with Crippen LogP contribution in [0.3, 0.4) is 0 Å². The van der Waals surface area contributed by atoms with Gasteiger partial charge in [0.2, 0.25) is 11.0 Å². The van der Waals surface area contributed by atoms with E-state index in [1.807, 2.05) is 31.2 Å². The fourth-order valence-corrected chi connectivity index (χ4v) is 4.61. The van der Waals surface area contributed by atoms with Crippen LogP contribution in [0.15, 0.2) is 42.5 Å². The van der Waals surface area contributed by atoms with Crippen LogP contribution < -0.4 is 15.0 Å². The second kappa shape index (κ2) is 9.44. The normalized spacial score (nSPS) is 16.8. The number of carbonyl (C=O) groups excluding carboxylic acids is 2. The molecule has 4 rings (SSSR count). The Morgan fingerprint density at radius 3 is 2.69 bits per heavy atom. The highest BCUT2D eigenvalue weighted by Gasteiger charge is 2.34. The maximum Gasteiger partial charge on any atom is 0.266 e. The van der Waals surface area contributed by atoms with Gasteiger partial charge in [-0.25, -0.2) is 0 Å². The molecule has 166 valence electrons. The summed E-state index contributed by atoms with van der Waals surface area (Å²) in [5, 5.41) is 12.8. The average Bonchev–Trinajstić information content (AvgIpc) is 3.37. The number of anilines is 2. The molecule has 2 heterocycles. The topological polar surface area (TPSA) is 84.4 Å². The summed E-state index contributed by atoms with van der Waals surface area (Å²) >= 11 is 13.2. The van der Waals surface area contributed by atoms with Crippen LogP contribution in [0.1, 0.15) is 29.8 Å². The first-order chi connectivity index (χ1) is 15.3. The molecule has 2 atom stereocenters. The summed E-state index contributed by atoms with van der Waals surface area (Å²) in [7, 11) is 0.